The summed E-state index contributed by atoms with van der Waals surface area (Å²) >= 11 is 0. The Kier molecular flexibility index (Phi) is 13.7. The maximum absolute atomic E-state index is 4.46. The lowest BCUT2D eigenvalue weighted by atomic mass is 9.96. The van der Waals surface area contributed by atoms with Crippen molar-refractivity contribution in [3.05, 3.63) is 0 Å². The Balaban J connectivity index is 0.000000213. The van der Waals surface area contributed by atoms with Gasteiger partial charge in [0.2, 0.25) is 0 Å². The molecular formula is C26H46N4O. The van der Waals surface area contributed by atoms with Crippen LogP contribution in [0.2, 0.25) is 0 Å². The molecule has 5 heteroatoms. The summed E-state index contributed by atoms with van der Waals surface area (Å²) in [5, 5.41) is 0. The second-order valence-corrected chi connectivity index (χ2v) is 9.88. The SMILES string of the molecule is C(=NC1CCCCC1)=NC1CCCCC1.C(=NC1CCCCC1)=NC1CCCCC1.O. The number of hydrogen-bond acceptors (Lipinski definition) is 4. The highest BCUT2D eigenvalue weighted by atomic mass is 16.0. The minimum atomic E-state index is 0. The van der Waals surface area contributed by atoms with Crippen LogP contribution in [0.3, 0.4) is 0 Å². The molecule has 4 fully saturated rings. The van der Waals surface area contributed by atoms with Crippen molar-refractivity contribution in [3.63, 3.8) is 0 Å². The van der Waals surface area contributed by atoms with Gasteiger partial charge in [-0.2, -0.15) is 0 Å². The van der Waals surface area contributed by atoms with Gasteiger partial charge in [0.05, 0.1) is 36.2 Å². The van der Waals surface area contributed by atoms with E-state index in [2.05, 4.69) is 32.0 Å². The van der Waals surface area contributed by atoms with Crippen LogP contribution in [0.15, 0.2) is 20.0 Å². The number of hydrogen-bond donors (Lipinski definition) is 0. The van der Waals surface area contributed by atoms with Crippen LogP contribution < -0.4 is 0 Å². The van der Waals surface area contributed by atoms with Crippen LogP contribution >= 0.6 is 0 Å². The van der Waals surface area contributed by atoms with Gasteiger partial charge in [0.15, 0.2) is 0 Å². The van der Waals surface area contributed by atoms with E-state index >= 15 is 0 Å². The average Bonchev–Trinajstić information content (AvgIpc) is 2.82. The molecule has 4 aliphatic rings. The quantitative estimate of drug-likeness (QED) is 0.438. The second-order valence-electron chi connectivity index (χ2n) is 9.88. The highest BCUT2D eigenvalue weighted by Gasteiger charge is 2.13. The molecule has 0 aromatic carbocycles. The molecule has 2 N–H and O–H groups in total. The van der Waals surface area contributed by atoms with E-state index in [1.54, 1.807) is 0 Å². The maximum atomic E-state index is 4.46. The standard InChI is InChI=1S/2C13H22N2.H2O/c2*1-3-7-12(8-4-1)14-11-15-13-9-5-2-6-10-13;/h2*12-13H,1-10H2;1H2. The van der Waals surface area contributed by atoms with Crippen LogP contribution in [-0.2, 0) is 0 Å². The van der Waals surface area contributed by atoms with E-state index in [1.807, 2.05) is 0 Å². The third-order valence-electron chi connectivity index (χ3n) is 7.26. The first-order chi connectivity index (χ1) is 14.9. The molecule has 4 saturated carbocycles. The van der Waals surface area contributed by atoms with Crippen molar-refractivity contribution in [2.75, 3.05) is 0 Å². The van der Waals surface area contributed by atoms with Gasteiger partial charge in [-0.25, -0.2) is 20.0 Å². The summed E-state index contributed by atoms with van der Waals surface area (Å²) in [4.78, 5) is 17.8. The highest BCUT2D eigenvalue weighted by molar-refractivity contribution is 5.42. The minimum absolute atomic E-state index is 0. The van der Waals surface area contributed by atoms with Crippen molar-refractivity contribution < 1.29 is 5.48 Å². The summed E-state index contributed by atoms with van der Waals surface area (Å²) in [5.41, 5.74) is 0. The zero-order chi connectivity index (χ0) is 20.7. The van der Waals surface area contributed by atoms with Crippen LogP contribution in [0.25, 0.3) is 0 Å². The maximum Gasteiger partial charge on any atom is 0.0898 e. The molecule has 0 aliphatic heterocycles. The molecule has 0 heterocycles. The summed E-state index contributed by atoms with van der Waals surface area (Å²) in [6, 6.07) is 8.08. The first-order valence-corrected chi connectivity index (χ1v) is 13.2. The number of rotatable bonds is 4. The Morgan fingerprint density at radius 1 is 0.323 bits per heavy atom. The summed E-state index contributed by atoms with van der Waals surface area (Å²) in [6.07, 6.45) is 26.4. The first kappa shape index (κ1) is 26.0. The molecule has 0 atom stereocenters. The van der Waals surface area contributed by atoms with Gasteiger partial charge in [-0.05, 0) is 51.4 Å². The molecule has 4 aliphatic carbocycles. The van der Waals surface area contributed by atoms with E-state index in [4.69, 9.17) is 0 Å². The number of nitrogens with zero attached hydrogens (tertiary/aromatic N) is 4. The van der Waals surface area contributed by atoms with Crippen molar-refractivity contribution in [1.82, 2.24) is 0 Å². The molecule has 0 radical (unpaired) electrons. The fraction of sp³-hybridized carbons (Fsp3) is 0.923. The zero-order valence-electron chi connectivity index (χ0n) is 19.7. The Hall–Kier alpha value is -1.28. The molecule has 176 valence electrons. The molecule has 4 rings (SSSR count). The average molecular weight is 431 g/mol. The van der Waals surface area contributed by atoms with Crippen molar-refractivity contribution in [2.45, 2.75) is 153 Å². The molecule has 0 spiro atoms. The Bertz CT molecular complexity index is 472. The van der Waals surface area contributed by atoms with Crippen LogP contribution in [0.4, 0.5) is 0 Å². The lowest BCUT2D eigenvalue weighted by molar-refractivity contribution is 0.438. The fourth-order valence-electron chi connectivity index (χ4n) is 5.23. The van der Waals surface area contributed by atoms with Gasteiger partial charge in [-0.15, -0.1) is 0 Å². The van der Waals surface area contributed by atoms with E-state index in [0.29, 0.717) is 24.2 Å². The molecule has 5 nitrogen and oxygen atoms in total. The number of aliphatic imine (C=N–C) groups is 4. The van der Waals surface area contributed by atoms with Gasteiger partial charge in [-0.1, -0.05) is 77.0 Å². The summed E-state index contributed by atoms with van der Waals surface area (Å²) in [5.74, 6) is 0. The van der Waals surface area contributed by atoms with E-state index in [0.717, 1.165) is 0 Å². The lowest BCUT2D eigenvalue weighted by Crippen LogP contribution is -2.10. The molecule has 0 aromatic heterocycles. The smallest absolute Gasteiger partial charge is 0.0898 e. The van der Waals surface area contributed by atoms with Crippen molar-refractivity contribution in [2.24, 2.45) is 20.0 Å². The van der Waals surface area contributed by atoms with Crippen molar-refractivity contribution in [1.29, 1.82) is 0 Å². The van der Waals surface area contributed by atoms with Crippen LogP contribution in [0.1, 0.15) is 128 Å². The van der Waals surface area contributed by atoms with E-state index < -0.39 is 0 Å². The van der Waals surface area contributed by atoms with E-state index in [9.17, 15) is 0 Å². The summed E-state index contributed by atoms with van der Waals surface area (Å²) < 4.78 is 0. The highest BCUT2D eigenvalue weighted by Crippen LogP contribution is 2.22. The molecule has 0 unspecified atom stereocenters. The van der Waals surface area contributed by atoms with Crippen molar-refractivity contribution >= 4 is 12.0 Å². The molecule has 0 amide bonds. The van der Waals surface area contributed by atoms with Crippen LogP contribution in [-0.4, -0.2) is 41.7 Å². The first-order valence-electron chi connectivity index (χ1n) is 13.2. The van der Waals surface area contributed by atoms with Crippen LogP contribution in [0, 0.1) is 0 Å². The third kappa shape index (κ3) is 11.2. The Morgan fingerprint density at radius 3 is 0.710 bits per heavy atom. The van der Waals surface area contributed by atoms with E-state index in [1.165, 1.54) is 128 Å². The summed E-state index contributed by atoms with van der Waals surface area (Å²) in [6.45, 7) is 0. The van der Waals surface area contributed by atoms with Crippen molar-refractivity contribution in [3.8, 4) is 0 Å². The molecule has 0 bridgehead atoms. The second kappa shape index (κ2) is 16.4. The summed E-state index contributed by atoms with van der Waals surface area (Å²) in [7, 11) is 0. The molecule has 0 aromatic rings. The Morgan fingerprint density at radius 2 is 0.516 bits per heavy atom. The van der Waals surface area contributed by atoms with Gasteiger partial charge in [0, 0.05) is 0 Å². The Labute approximate surface area is 190 Å². The van der Waals surface area contributed by atoms with Gasteiger partial charge in [0.25, 0.3) is 0 Å². The predicted octanol–water partition coefficient (Wildman–Crippen LogP) is 6.83. The van der Waals surface area contributed by atoms with E-state index in [-0.39, 0.29) is 5.48 Å². The van der Waals surface area contributed by atoms with Gasteiger partial charge in [0.1, 0.15) is 0 Å². The van der Waals surface area contributed by atoms with Gasteiger partial charge >= 0.3 is 0 Å². The van der Waals surface area contributed by atoms with Gasteiger partial charge in [-0.3, -0.25) is 0 Å². The largest absolute Gasteiger partial charge is 0.412 e. The lowest BCUT2D eigenvalue weighted by Gasteiger charge is -2.17. The molecule has 31 heavy (non-hydrogen) atoms. The van der Waals surface area contributed by atoms with Gasteiger partial charge < -0.3 is 5.48 Å². The zero-order valence-corrected chi connectivity index (χ0v) is 19.7. The normalized spacial score (nSPS) is 23.7. The molecular weight excluding hydrogens is 384 g/mol. The monoisotopic (exact) mass is 430 g/mol. The fourth-order valence-corrected chi connectivity index (χ4v) is 5.23. The third-order valence-corrected chi connectivity index (χ3v) is 7.26. The predicted molar refractivity (Wildman–Crippen MR) is 131 cm³/mol. The van der Waals surface area contributed by atoms with Crippen LogP contribution in [0.5, 0.6) is 0 Å². The minimum Gasteiger partial charge on any atom is -0.412 e. The topological polar surface area (TPSA) is 80.9 Å². The molecule has 0 saturated heterocycles.